The Bertz CT molecular complexity index is 590. The van der Waals surface area contributed by atoms with Gasteiger partial charge in [0.25, 0.3) is 0 Å². The summed E-state index contributed by atoms with van der Waals surface area (Å²) >= 11 is 0. The number of nitrogens with one attached hydrogen (secondary N) is 1. The summed E-state index contributed by atoms with van der Waals surface area (Å²) in [6, 6.07) is 7.74. The predicted octanol–water partition coefficient (Wildman–Crippen LogP) is 4.09. The van der Waals surface area contributed by atoms with E-state index in [1.54, 1.807) is 25.1 Å². The van der Waals surface area contributed by atoms with Crippen LogP contribution in [0, 0.1) is 23.3 Å². The molecule has 2 rings (SSSR count). The van der Waals surface area contributed by atoms with Crippen LogP contribution in [0.4, 0.5) is 17.6 Å². The number of hydrogen-bond acceptors (Lipinski definition) is 1. The number of benzene rings is 2. The summed E-state index contributed by atoms with van der Waals surface area (Å²) in [6.45, 7) is 1.83. The summed E-state index contributed by atoms with van der Waals surface area (Å²) in [7, 11) is 0. The zero-order chi connectivity index (χ0) is 14.7. The van der Waals surface area contributed by atoms with E-state index in [2.05, 4.69) is 5.32 Å². The van der Waals surface area contributed by atoms with Crippen LogP contribution in [0.25, 0.3) is 0 Å². The maximum absolute atomic E-state index is 13.5. The molecule has 1 nitrogen and oxygen atoms in total. The molecule has 0 saturated heterocycles. The lowest BCUT2D eigenvalue weighted by Crippen LogP contribution is -2.19. The molecule has 20 heavy (non-hydrogen) atoms. The smallest absolute Gasteiger partial charge is 0.194 e. The minimum Gasteiger partial charge on any atom is -0.306 e. The van der Waals surface area contributed by atoms with E-state index in [9.17, 15) is 17.6 Å². The van der Waals surface area contributed by atoms with Crippen LogP contribution in [-0.2, 0) is 6.54 Å². The zero-order valence-electron chi connectivity index (χ0n) is 10.8. The average molecular weight is 283 g/mol. The van der Waals surface area contributed by atoms with Gasteiger partial charge in [0.15, 0.2) is 17.5 Å². The zero-order valence-corrected chi connectivity index (χ0v) is 10.8. The van der Waals surface area contributed by atoms with E-state index >= 15 is 0 Å². The monoisotopic (exact) mass is 283 g/mol. The first-order valence-electron chi connectivity index (χ1n) is 6.10. The second kappa shape index (κ2) is 6.05. The first-order valence-corrected chi connectivity index (χ1v) is 6.10. The van der Waals surface area contributed by atoms with Crippen molar-refractivity contribution in [3.05, 3.63) is 70.8 Å². The lowest BCUT2D eigenvalue weighted by atomic mass is 10.1. The van der Waals surface area contributed by atoms with E-state index in [1.807, 2.05) is 0 Å². The third-order valence-corrected chi connectivity index (χ3v) is 3.03. The Morgan fingerprint density at radius 2 is 1.55 bits per heavy atom. The van der Waals surface area contributed by atoms with Crippen molar-refractivity contribution in [3.8, 4) is 0 Å². The van der Waals surface area contributed by atoms with Gasteiger partial charge >= 0.3 is 0 Å². The molecule has 1 N–H and O–H groups in total. The van der Waals surface area contributed by atoms with Gasteiger partial charge in [0.05, 0.1) is 0 Å². The molecular formula is C15H13F4N. The Balaban J connectivity index is 2.07. The fourth-order valence-electron chi connectivity index (χ4n) is 1.92. The highest BCUT2D eigenvalue weighted by Crippen LogP contribution is 2.18. The van der Waals surface area contributed by atoms with Crippen molar-refractivity contribution in [2.24, 2.45) is 0 Å². The summed E-state index contributed by atoms with van der Waals surface area (Å²) in [5, 5.41) is 2.93. The molecule has 0 heterocycles. The van der Waals surface area contributed by atoms with Gasteiger partial charge in [-0.15, -0.1) is 0 Å². The third-order valence-electron chi connectivity index (χ3n) is 3.03. The average Bonchev–Trinajstić information content (AvgIpc) is 2.42. The molecule has 0 aromatic heterocycles. The molecule has 0 amide bonds. The highest BCUT2D eigenvalue weighted by molar-refractivity contribution is 5.22. The van der Waals surface area contributed by atoms with E-state index < -0.39 is 17.5 Å². The van der Waals surface area contributed by atoms with Crippen LogP contribution in [0.15, 0.2) is 36.4 Å². The maximum Gasteiger partial charge on any atom is 0.194 e. The second-order valence-corrected chi connectivity index (χ2v) is 4.50. The molecule has 0 aliphatic rings. The fraction of sp³-hybridized carbons (Fsp3) is 0.200. The van der Waals surface area contributed by atoms with E-state index in [0.29, 0.717) is 5.56 Å². The molecule has 2 aromatic carbocycles. The standard InChI is InChI=1S/C15H13F4N/c1-9(11-4-2-3-5-12(11)16)20-8-10-6-13(17)15(19)14(18)7-10/h2-7,9,20H,8H2,1H3. The van der Waals surface area contributed by atoms with E-state index in [4.69, 9.17) is 0 Å². The highest BCUT2D eigenvalue weighted by atomic mass is 19.2. The molecular weight excluding hydrogens is 270 g/mol. The second-order valence-electron chi connectivity index (χ2n) is 4.50. The van der Waals surface area contributed by atoms with Gasteiger partial charge in [-0.25, -0.2) is 17.6 Å². The highest BCUT2D eigenvalue weighted by Gasteiger charge is 2.13. The topological polar surface area (TPSA) is 12.0 Å². The summed E-state index contributed by atoms with van der Waals surface area (Å²) in [4.78, 5) is 0. The van der Waals surface area contributed by atoms with E-state index in [1.165, 1.54) is 6.07 Å². The van der Waals surface area contributed by atoms with Gasteiger partial charge in [-0.3, -0.25) is 0 Å². The van der Waals surface area contributed by atoms with Gasteiger partial charge in [0.2, 0.25) is 0 Å². The molecule has 0 aliphatic carbocycles. The molecule has 2 aromatic rings. The Morgan fingerprint density at radius 3 is 2.15 bits per heavy atom. The molecule has 0 spiro atoms. The Labute approximate surface area is 114 Å². The molecule has 5 heteroatoms. The Hall–Kier alpha value is -1.88. The van der Waals surface area contributed by atoms with Crippen molar-refractivity contribution >= 4 is 0 Å². The van der Waals surface area contributed by atoms with Crippen LogP contribution in [-0.4, -0.2) is 0 Å². The summed E-state index contributed by atoms with van der Waals surface area (Å²) in [6.07, 6.45) is 0. The quantitative estimate of drug-likeness (QED) is 0.658. The van der Waals surface area contributed by atoms with Crippen LogP contribution < -0.4 is 5.32 Å². The van der Waals surface area contributed by atoms with Gasteiger partial charge in [0, 0.05) is 18.2 Å². The van der Waals surface area contributed by atoms with Crippen molar-refractivity contribution in [3.63, 3.8) is 0 Å². The van der Waals surface area contributed by atoms with Gasteiger partial charge in [-0.1, -0.05) is 18.2 Å². The van der Waals surface area contributed by atoms with Crippen LogP contribution in [0.1, 0.15) is 24.1 Å². The van der Waals surface area contributed by atoms with Crippen molar-refractivity contribution in [2.45, 2.75) is 19.5 Å². The lowest BCUT2D eigenvalue weighted by Gasteiger charge is -2.15. The molecule has 0 fully saturated rings. The molecule has 1 atom stereocenters. The molecule has 0 saturated carbocycles. The SMILES string of the molecule is CC(NCc1cc(F)c(F)c(F)c1)c1ccccc1F. The van der Waals surface area contributed by atoms with Crippen molar-refractivity contribution in [1.29, 1.82) is 0 Å². The largest absolute Gasteiger partial charge is 0.306 e. The van der Waals surface area contributed by atoms with Crippen LogP contribution in [0.3, 0.4) is 0 Å². The maximum atomic E-state index is 13.5. The van der Waals surface area contributed by atoms with Crippen LogP contribution >= 0.6 is 0 Å². The predicted molar refractivity (Wildman–Crippen MR) is 68.0 cm³/mol. The van der Waals surface area contributed by atoms with Gasteiger partial charge < -0.3 is 5.32 Å². The van der Waals surface area contributed by atoms with Crippen molar-refractivity contribution in [1.82, 2.24) is 5.32 Å². The Morgan fingerprint density at radius 1 is 0.950 bits per heavy atom. The molecule has 1 unspecified atom stereocenters. The summed E-state index contributed by atoms with van der Waals surface area (Å²) in [5.74, 6) is -4.32. The first kappa shape index (κ1) is 14.5. The Kier molecular flexibility index (Phi) is 4.39. The van der Waals surface area contributed by atoms with Crippen molar-refractivity contribution in [2.75, 3.05) is 0 Å². The third kappa shape index (κ3) is 3.17. The summed E-state index contributed by atoms with van der Waals surface area (Å²) < 4.78 is 52.4. The van der Waals surface area contributed by atoms with Crippen LogP contribution in [0.2, 0.25) is 0 Å². The molecule has 106 valence electrons. The normalized spacial score (nSPS) is 12.4. The van der Waals surface area contributed by atoms with E-state index in [-0.39, 0.29) is 24.0 Å². The molecule has 0 aliphatic heterocycles. The van der Waals surface area contributed by atoms with Gasteiger partial charge in [-0.05, 0) is 30.7 Å². The number of rotatable bonds is 4. The first-order chi connectivity index (χ1) is 9.49. The van der Waals surface area contributed by atoms with Gasteiger partial charge in [0.1, 0.15) is 5.82 Å². The fourth-order valence-corrected chi connectivity index (χ4v) is 1.92. The lowest BCUT2D eigenvalue weighted by molar-refractivity contribution is 0.443. The van der Waals surface area contributed by atoms with Gasteiger partial charge in [-0.2, -0.15) is 0 Å². The molecule has 0 bridgehead atoms. The number of hydrogen-bond donors (Lipinski definition) is 1. The number of halogens is 4. The minimum atomic E-state index is -1.49. The van der Waals surface area contributed by atoms with Crippen molar-refractivity contribution < 1.29 is 17.6 Å². The minimum absolute atomic E-state index is 0.101. The van der Waals surface area contributed by atoms with Crippen LogP contribution in [0.5, 0.6) is 0 Å². The molecule has 0 radical (unpaired) electrons. The summed E-state index contributed by atoms with van der Waals surface area (Å²) in [5.41, 5.74) is 0.708. The van der Waals surface area contributed by atoms with E-state index in [0.717, 1.165) is 12.1 Å².